The molecule has 88 valence electrons. The highest BCUT2D eigenvalue weighted by Gasteiger charge is 2.65. The third-order valence-corrected chi connectivity index (χ3v) is 5.64. The summed E-state index contributed by atoms with van der Waals surface area (Å²) in [6.07, 6.45) is 6.62. The maximum atomic E-state index is 12.2. The van der Waals surface area contributed by atoms with E-state index in [0.717, 1.165) is 25.7 Å². The van der Waals surface area contributed by atoms with Crippen LogP contribution in [0.3, 0.4) is 0 Å². The van der Waals surface area contributed by atoms with Crippen molar-refractivity contribution >= 4 is 5.78 Å². The first kappa shape index (κ1) is 10.5. The van der Waals surface area contributed by atoms with E-state index in [9.17, 15) is 9.90 Å². The number of carbonyl (C=O) groups excluding carboxylic acids is 1. The first-order valence-corrected chi connectivity index (χ1v) is 6.39. The average molecular weight is 220 g/mol. The molecule has 3 atom stereocenters. The smallest absolute Gasteiger partial charge is 0.164 e. The van der Waals surface area contributed by atoms with Gasteiger partial charge in [-0.15, -0.1) is 0 Å². The number of ketones is 1. The molecule has 4 aliphatic rings. The lowest BCUT2D eigenvalue weighted by molar-refractivity contribution is -0.214. The second-order valence-corrected chi connectivity index (χ2v) is 6.35. The van der Waals surface area contributed by atoms with Crippen LogP contribution in [0.25, 0.3) is 0 Å². The van der Waals surface area contributed by atoms with Crippen LogP contribution in [0.15, 0.2) is 12.7 Å². The summed E-state index contributed by atoms with van der Waals surface area (Å²) < 4.78 is 0. The van der Waals surface area contributed by atoms with Gasteiger partial charge in [-0.05, 0) is 62.9 Å². The minimum Gasteiger partial charge on any atom is -0.389 e. The van der Waals surface area contributed by atoms with E-state index in [-0.39, 0.29) is 5.78 Å². The van der Waals surface area contributed by atoms with Crippen LogP contribution in [0.1, 0.15) is 39.0 Å². The normalized spacial score (nSPS) is 54.0. The number of hydrogen-bond acceptors (Lipinski definition) is 2. The van der Waals surface area contributed by atoms with E-state index in [4.69, 9.17) is 0 Å². The molecule has 1 N–H and O–H groups in total. The molecule has 4 bridgehead atoms. The lowest BCUT2D eigenvalue weighted by atomic mass is 9.43. The summed E-state index contributed by atoms with van der Waals surface area (Å²) in [6.45, 7) is 5.58. The van der Waals surface area contributed by atoms with Crippen LogP contribution in [0.5, 0.6) is 0 Å². The minimum atomic E-state index is -0.743. The maximum absolute atomic E-state index is 12.2. The van der Waals surface area contributed by atoms with Crippen LogP contribution in [0.4, 0.5) is 0 Å². The highest BCUT2D eigenvalue weighted by atomic mass is 16.3. The van der Waals surface area contributed by atoms with Crippen LogP contribution < -0.4 is 0 Å². The van der Waals surface area contributed by atoms with Gasteiger partial charge in [0.2, 0.25) is 0 Å². The van der Waals surface area contributed by atoms with E-state index in [2.05, 4.69) is 6.58 Å². The largest absolute Gasteiger partial charge is 0.389 e. The van der Waals surface area contributed by atoms with Gasteiger partial charge in [-0.3, -0.25) is 4.79 Å². The Bertz CT molecular complexity index is 346. The molecular weight excluding hydrogens is 200 g/mol. The molecule has 0 spiro atoms. The topological polar surface area (TPSA) is 37.3 Å². The van der Waals surface area contributed by atoms with Gasteiger partial charge in [0.05, 0.1) is 11.0 Å². The highest BCUT2D eigenvalue weighted by molar-refractivity contribution is 5.95. The van der Waals surface area contributed by atoms with Crippen molar-refractivity contribution in [1.29, 1.82) is 0 Å². The van der Waals surface area contributed by atoms with E-state index in [1.807, 2.05) is 6.92 Å². The molecule has 2 nitrogen and oxygen atoms in total. The summed E-state index contributed by atoms with van der Waals surface area (Å²) in [7, 11) is 0. The molecule has 2 heteroatoms. The number of aliphatic hydroxyl groups is 1. The number of hydrogen-bond donors (Lipinski definition) is 1. The zero-order chi connectivity index (χ0) is 11.6. The van der Waals surface area contributed by atoms with Crippen molar-refractivity contribution in [2.75, 3.05) is 0 Å². The fraction of sp³-hybridized carbons (Fsp3) is 0.786. The van der Waals surface area contributed by atoms with Crippen LogP contribution in [-0.2, 0) is 4.79 Å². The van der Waals surface area contributed by atoms with Gasteiger partial charge in [-0.2, -0.15) is 0 Å². The quantitative estimate of drug-likeness (QED) is 0.725. The van der Waals surface area contributed by atoms with Gasteiger partial charge in [-0.1, -0.05) is 6.58 Å². The first-order chi connectivity index (χ1) is 7.49. The number of carbonyl (C=O) groups is 1. The molecule has 0 heterocycles. The molecular formula is C14H20O2. The first-order valence-electron chi connectivity index (χ1n) is 6.39. The van der Waals surface area contributed by atoms with Crippen LogP contribution >= 0.6 is 0 Å². The Kier molecular flexibility index (Phi) is 1.96. The summed E-state index contributed by atoms with van der Waals surface area (Å²) in [6, 6.07) is 0. The van der Waals surface area contributed by atoms with Gasteiger partial charge in [-0.25, -0.2) is 0 Å². The van der Waals surface area contributed by atoms with E-state index in [0.29, 0.717) is 17.8 Å². The van der Waals surface area contributed by atoms with Crippen molar-refractivity contribution in [3.8, 4) is 0 Å². The van der Waals surface area contributed by atoms with E-state index in [1.54, 1.807) is 0 Å². The summed E-state index contributed by atoms with van der Waals surface area (Å²) >= 11 is 0. The standard InChI is InChI=1S/C14H20O2/c1-3-12(15)13(2)11-5-9-4-10(6-11)8-14(13,16)7-9/h3,9-11,16H,1,4-8H2,2H3. The number of allylic oxidation sites excluding steroid dienone is 1. The van der Waals surface area contributed by atoms with Gasteiger partial charge in [0.1, 0.15) is 0 Å². The van der Waals surface area contributed by atoms with Crippen molar-refractivity contribution in [2.24, 2.45) is 23.2 Å². The molecule has 16 heavy (non-hydrogen) atoms. The average Bonchev–Trinajstić information content (AvgIpc) is 2.23. The molecule has 0 aromatic heterocycles. The zero-order valence-electron chi connectivity index (χ0n) is 9.91. The maximum Gasteiger partial charge on any atom is 0.164 e. The minimum absolute atomic E-state index is 0.0544. The molecule has 0 amide bonds. The molecule has 0 saturated heterocycles. The van der Waals surface area contributed by atoms with E-state index >= 15 is 0 Å². The van der Waals surface area contributed by atoms with Gasteiger partial charge in [0.25, 0.3) is 0 Å². The molecule has 3 unspecified atom stereocenters. The predicted molar refractivity (Wildman–Crippen MR) is 61.8 cm³/mol. The zero-order valence-corrected chi connectivity index (χ0v) is 9.91. The Labute approximate surface area is 96.7 Å². The van der Waals surface area contributed by atoms with Crippen molar-refractivity contribution in [1.82, 2.24) is 0 Å². The molecule has 4 saturated carbocycles. The van der Waals surface area contributed by atoms with Gasteiger partial charge in [0, 0.05) is 0 Å². The third-order valence-electron chi connectivity index (χ3n) is 5.64. The second kappa shape index (κ2) is 2.98. The fourth-order valence-electron chi connectivity index (χ4n) is 4.85. The number of rotatable bonds is 2. The second-order valence-electron chi connectivity index (χ2n) is 6.35. The predicted octanol–water partition coefficient (Wildman–Crippen LogP) is 2.32. The molecule has 4 aliphatic carbocycles. The van der Waals surface area contributed by atoms with E-state index < -0.39 is 11.0 Å². The van der Waals surface area contributed by atoms with Gasteiger partial charge in [0.15, 0.2) is 5.78 Å². The monoisotopic (exact) mass is 220 g/mol. The van der Waals surface area contributed by atoms with Gasteiger partial charge >= 0.3 is 0 Å². The third kappa shape index (κ3) is 1.04. The lowest BCUT2D eigenvalue weighted by Crippen LogP contribution is -2.65. The van der Waals surface area contributed by atoms with Crippen molar-refractivity contribution in [3.63, 3.8) is 0 Å². The molecule has 0 aromatic carbocycles. The summed E-state index contributed by atoms with van der Waals surface area (Å²) in [5.74, 6) is 1.76. The Morgan fingerprint density at radius 1 is 1.31 bits per heavy atom. The molecule has 4 fully saturated rings. The Morgan fingerprint density at radius 3 is 2.31 bits per heavy atom. The SMILES string of the molecule is C=CC(=O)C1(C)C2CC3CC(C2)CC1(O)C3. The molecule has 0 aromatic rings. The van der Waals surface area contributed by atoms with Crippen LogP contribution in [-0.4, -0.2) is 16.5 Å². The molecule has 0 radical (unpaired) electrons. The molecule has 0 aliphatic heterocycles. The van der Waals surface area contributed by atoms with Gasteiger partial charge < -0.3 is 5.11 Å². The van der Waals surface area contributed by atoms with Crippen LogP contribution in [0.2, 0.25) is 0 Å². The fourth-order valence-corrected chi connectivity index (χ4v) is 4.85. The lowest BCUT2D eigenvalue weighted by Gasteiger charge is -2.63. The van der Waals surface area contributed by atoms with E-state index in [1.165, 1.54) is 12.5 Å². The summed E-state index contributed by atoms with van der Waals surface area (Å²) in [5.41, 5.74) is -1.30. The highest BCUT2D eigenvalue weighted by Crippen LogP contribution is 2.64. The summed E-state index contributed by atoms with van der Waals surface area (Å²) in [4.78, 5) is 12.2. The van der Waals surface area contributed by atoms with Crippen LogP contribution in [0, 0.1) is 23.2 Å². The Balaban J connectivity index is 2.06. The Morgan fingerprint density at radius 2 is 1.88 bits per heavy atom. The van der Waals surface area contributed by atoms with Crippen molar-refractivity contribution in [2.45, 2.75) is 44.6 Å². The summed E-state index contributed by atoms with van der Waals surface area (Å²) in [5, 5.41) is 10.9. The van der Waals surface area contributed by atoms with Crippen molar-refractivity contribution in [3.05, 3.63) is 12.7 Å². The van der Waals surface area contributed by atoms with Crippen molar-refractivity contribution < 1.29 is 9.90 Å². The Hall–Kier alpha value is -0.630. The molecule has 4 rings (SSSR count).